The smallest absolute Gasteiger partial charge is 0.226 e. The Hall–Kier alpha value is -0.830. The molecule has 0 saturated heterocycles. The van der Waals surface area contributed by atoms with Gasteiger partial charge in [0.2, 0.25) is 5.91 Å². The van der Waals surface area contributed by atoms with Gasteiger partial charge in [-0.3, -0.25) is 4.79 Å². The summed E-state index contributed by atoms with van der Waals surface area (Å²) in [7, 11) is 2.00. The van der Waals surface area contributed by atoms with Crippen molar-refractivity contribution in [2.45, 2.75) is 38.1 Å². The second-order valence-electron chi connectivity index (χ2n) is 6.33. The van der Waals surface area contributed by atoms with Gasteiger partial charge in [0, 0.05) is 19.0 Å². The molecule has 3 heteroatoms. The summed E-state index contributed by atoms with van der Waals surface area (Å²) in [5.74, 6) is 2.34. The van der Waals surface area contributed by atoms with Crippen LogP contribution in [-0.2, 0) is 4.79 Å². The fourth-order valence-electron chi connectivity index (χ4n) is 4.29. The highest BCUT2D eigenvalue weighted by Crippen LogP contribution is 2.44. The van der Waals surface area contributed by atoms with E-state index in [1.54, 1.807) is 0 Å². The van der Waals surface area contributed by atoms with Crippen molar-refractivity contribution in [3.8, 4) is 0 Å². The Morgan fingerprint density at radius 2 is 2.17 bits per heavy atom. The van der Waals surface area contributed by atoms with Crippen LogP contribution in [0.4, 0.5) is 0 Å². The van der Waals surface area contributed by atoms with Crippen LogP contribution < -0.4 is 5.73 Å². The lowest BCUT2D eigenvalue weighted by atomic mass is 9.91. The molecule has 2 fully saturated rings. The molecule has 0 aromatic carbocycles. The Kier molecular flexibility index (Phi) is 3.18. The number of hydrogen-bond acceptors (Lipinski definition) is 2. The zero-order chi connectivity index (χ0) is 12.7. The number of allylic oxidation sites excluding steroid dienone is 2. The largest absolute Gasteiger partial charge is 0.342 e. The van der Waals surface area contributed by atoms with Crippen molar-refractivity contribution in [2.75, 3.05) is 13.6 Å². The average Bonchev–Trinajstić information content (AvgIpc) is 3.11. The van der Waals surface area contributed by atoms with Gasteiger partial charge in [0.15, 0.2) is 0 Å². The van der Waals surface area contributed by atoms with E-state index in [4.69, 9.17) is 5.73 Å². The fourth-order valence-corrected chi connectivity index (χ4v) is 4.29. The standard InChI is InChI=1S/C15H24N2O/c1-17(14-4-2-3-12(14)9-16)15(18)13-8-10-5-6-11(13)7-10/h5-6,10-14H,2-4,7-9,16H2,1H3. The van der Waals surface area contributed by atoms with Crippen LogP contribution in [0.25, 0.3) is 0 Å². The Bertz CT molecular complexity index is 366. The Labute approximate surface area is 109 Å². The Balaban J connectivity index is 1.67. The minimum absolute atomic E-state index is 0.254. The van der Waals surface area contributed by atoms with E-state index in [1.165, 1.54) is 19.3 Å². The van der Waals surface area contributed by atoms with E-state index < -0.39 is 0 Å². The summed E-state index contributed by atoms with van der Waals surface area (Å²) in [5.41, 5.74) is 5.83. The van der Waals surface area contributed by atoms with E-state index in [0.29, 0.717) is 29.7 Å². The van der Waals surface area contributed by atoms with Gasteiger partial charge >= 0.3 is 0 Å². The lowest BCUT2D eigenvalue weighted by Gasteiger charge is -2.32. The number of amides is 1. The van der Waals surface area contributed by atoms with E-state index in [0.717, 1.165) is 19.4 Å². The molecule has 0 radical (unpaired) electrons. The normalized spacial score (nSPS) is 41.6. The van der Waals surface area contributed by atoms with Crippen LogP contribution in [0.2, 0.25) is 0 Å². The van der Waals surface area contributed by atoms with Crippen molar-refractivity contribution >= 4 is 5.91 Å². The van der Waals surface area contributed by atoms with Gasteiger partial charge in [-0.1, -0.05) is 18.6 Å². The second-order valence-corrected chi connectivity index (χ2v) is 6.33. The van der Waals surface area contributed by atoms with Gasteiger partial charge in [0.1, 0.15) is 0 Å². The summed E-state index contributed by atoms with van der Waals surface area (Å²) in [4.78, 5) is 14.7. The maximum atomic E-state index is 12.6. The number of carbonyl (C=O) groups is 1. The van der Waals surface area contributed by atoms with Gasteiger partial charge in [-0.05, 0) is 50.0 Å². The zero-order valence-corrected chi connectivity index (χ0v) is 11.2. The maximum Gasteiger partial charge on any atom is 0.226 e. The quantitative estimate of drug-likeness (QED) is 0.774. The minimum atomic E-state index is 0.254. The fraction of sp³-hybridized carbons (Fsp3) is 0.800. The van der Waals surface area contributed by atoms with Crippen LogP contribution in [0.3, 0.4) is 0 Å². The molecule has 18 heavy (non-hydrogen) atoms. The summed E-state index contributed by atoms with van der Waals surface area (Å²) in [5, 5.41) is 0. The predicted molar refractivity (Wildman–Crippen MR) is 71.8 cm³/mol. The van der Waals surface area contributed by atoms with Gasteiger partial charge in [0.25, 0.3) is 0 Å². The second kappa shape index (κ2) is 4.69. The SMILES string of the molecule is CN(C(=O)C1CC2C=CC1C2)C1CCCC1CN. The van der Waals surface area contributed by atoms with Crippen molar-refractivity contribution < 1.29 is 4.79 Å². The van der Waals surface area contributed by atoms with Crippen molar-refractivity contribution in [2.24, 2.45) is 29.4 Å². The first-order valence-corrected chi connectivity index (χ1v) is 7.35. The molecule has 2 saturated carbocycles. The predicted octanol–water partition coefficient (Wildman–Crippen LogP) is 1.78. The zero-order valence-electron chi connectivity index (χ0n) is 11.2. The highest BCUT2D eigenvalue weighted by atomic mass is 16.2. The van der Waals surface area contributed by atoms with Gasteiger partial charge in [0.05, 0.1) is 0 Å². The van der Waals surface area contributed by atoms with Gasteiger partial charge < -0.3 is 10.6 Å². The van der Waals surface area contributed by atoms with Crippen LogP contribution in [0, 0.1) is 23.7 Å². The highest BCUT2D eigenvalue weighted by molar-refractivity contribution is 5.80. The molecular formula is C15H24N2O. The molecule has 100 valence electrons. The molecule has 3 aliphatic rings. The summed E-state index contributed by atoms with van der Waals surface area (Å²) >= 11 is 0. The number of nitrogens with zero attached hydrogens (tertiary/aromatic N) is 1. The van der Waals surface area contributed by atoms with Crippen LogP contribution in [-0.4, -0.2) is 30.4 Å². The molecule has 0 aromatic heterocycles. The van der Waals surface area contributed by atoms with Crippen molar-refractivity contribution in [1.29, 1.82) is 0 Å². The molecule has 5 atom stereocenters. The number of rotatable bonds is 3. The number of hydrogen-bond donors (Lipinski definition) is 1. The van der Waals surface area contributed by atoms with Crippen LogP contribution in [0.5, 0.6) is 0 Å². The van der Waals surface area contributed by atoms with Crippen molar-refractivity contribution in [3.63, 3.8) is 0 Å². The number of fused-ring (bicyclic) bond motifs is 2. The van der Waals surface area contributed by atoms with Crippen molar-refractivity contribution in [1.82, 2.24) is 4.90 Å². The van der Waals surface area contributed by atoms with E-state index in [2.05, 4.69) is 12.2 Å². The molecule has 3 rings (SSSR count). The highest BCUT2D eigenvalue weighted by Gasteiger charge is 2.43. The summed E-state index contributed by atoms with van der Waals surface area (Å²) in [6.45, 7) is 0.721. The average molecular weight is 248 g/mol. The molecule has 1 amide bonds. The summed E-state index contributed by atoms with van der Waals surface area (Å²) in [6.07, 6.45) is 10.4. The van der Waals surface area contributed by atoms with Crippen LogP contribution in [0.15, 0.2) is 12.2 Å². The summed E-state index contributed by atoms with van der Waals surface area (Å²) in [6, 6.07) is 0.394. The molecule has 0 spiro atoms. The lowest BCUT2D eigenvalue weighted by molar-refractivity contribution is -0.137. The van der Waals surface area contributed by atoms with E-state index in [9.17, 15) is 4.79 Å². The maximum absolute atomic E-state index is 12.6. The molecule has 3 nitrogen and oxygen atoms in total. The first-order valence-electron chi connectivity index (χ1n) is 7.35. The first kappa shape index (κ1) is 12.2. The molecular weight excluding hydrogens is 224 g/mol. The molecule has 5 unspecified atom stereocenters. The number of nitrogens with two attached hydrogens (primary N) is 1. The molecule has 3 aliphatic carbocycles. The van der Waals surface area contributed by atoms with Gasteiger partial charge in [-0.15, -0.1) is 0 Å². The molecule has 2 bridgehead atoms. The lowest BCUT2D eigenvalue weighted by Crippen LogP contribution is -2.45. The topological polar surface area (TPSA) is 46.3 Å². The Morgan fingerprint density at radius 3 is 2.78 bits per heavy atom. The van der Waals surface area contributed by atoms with Gasteiger partial charge in [-0.25, -0.2) is 0 Å². The summed E-state index contributed by atoms with van der Waals surface area (Å²) < 4.78 is 0. The van der Waals surface area contributed by atoms with E-state index >= 15 is 0 Å². The third kappa shape index (κ3) is 1.89. The van der Waals surface area contributed by atoms with Gasteiger partial charge in [-0.2, -0.15) is 0 Å². The van der Waals surface area contributed by atoms with Crippen LogP contribution >= 0.6 is 0 Å². The Morgan fingerprint density at radius 1 is 1.33 bits per heavy atom. The molecule has 2 N–H and O–H groups in total. The first-order chi connectivity index (χ1) is 8.70. The minimum Gasteiger partial charge on any atom is -0.342 e. The molecule has 0 aromatic rings. The van der Waals surface area contributed by atoms with Crippen molar-refractivity contribution in [3.05, 3.63) is 12.2 Å². The number of carbonyl (C=O) groups excluding carboxylic acids is 1. The van der Waals surface area contributed by atoms with Crippen LogP contribution in [0.1, 0.15) is 32.1 Å². The molecule has 0 heterocycles. The van der Waals surface area contributed by atoms with E-state index in [1.807, 2.05) is 11.9 Å². The third-order valence-corrected chi connectivity index (χ3v) is 5.36. The van der Waals surface area contributed by atoms with E-state index in [-0.39, 0.29) is 5.92 Å². The monoisotopic (exact) mass is 248 g/mol. The molecule has 0 aliphatic heterocycles. The third-order valence-electron chi connectivity index (χ3n) is 5.36.